The summed E-state index contributed by atoms with van der Waals surface area (Å²) in [5.74, 6) is -1.25. The van der Waals surface area contributed by atoms with Gasteiger partial charge in [0.1, 0.15) is 5.60 Å². The summed E-state index contributed by atoms with van der Waals surface area (Å²) in [5, 5.41) is 4.73. The van der Waals surface area contributed by atoms with Crippen LogP contribution >= 0.6 is 0 Å². The first-order chi connectivity index (χ1) is 14.6. The number of hydrogen-bond acceptors (Lipinski definition) is 5. The van der Waals surface area contributed by atoms with Crippen LogP contribution in [0.3, 0.4) is 0 Å². The summed E-state index contributed by atoms with van der Waals surface area (Å²) in [7, 11) is 1.34. The van der Waals surface area contributed by atoms with Gasteiger partial charge in [-0.05, 0) is 45.6 Å². The molecule has 1 atom stereocenters. The zero-order valence-corrected chi connectivity index (χ0v) is 17.9. The van der Waals surface area contributed by atoms with E-state index in [9.17, 15) is 18.0 Å². The molecule has 7 nitrogen and oxygen atoms in total. The number of morpholine rings is 1. The molecule has 2 aromatic heterocycles. The van der Waals surface area contributed by atoms with E-state index in [-0.39, 0.29) is 18.8 Å². The smallest absolute Gasteiger partial charge is 0.409 e. The van der Waals surface area contributed by atoms with Gasteiger partial charge in [0, 0.05) is 24.2 Å². The quantitative estimate of drug-likeness (QED) is 0.701. The number of ether oxygens (including phenoxy) is 2. The summed E-state index contributed by atoms with van der Waals surface area (Å²) < 4.78 is 51.7. The van der Waals surface area contributed by atoms with E-state index in [0.29, 0.717) is 38.2 Å². The monoisotopic (exact) mass is 440 g/mol. The van der Waals surface area contributed by atoms with Crippen molar-refractivity contribution in [2.45, 2.75) is 57.2 Å². The highest BCUT2D eigenvalue weighted by molar-refractivity contribution is 5.67. The van der Waals surface area contributed by atoms with E-state index in [0.717, 1.165) is 17.1 Å². The standard InChI is InChI=1S/C21H27F3N4O3/c1-13-10-17(20(2)12-27(8-9-31-20)19(29)30-3)28-18(25-13)11-16(26-28)14-4-6-15(7-5-14)21(22,23)24/h10-11,14-15H,4-9,12H2,1-3H3. The van der Waals surface area contributed by atoms with Gasteiger partial charge >= 0.3 is 12.3 Å². The van der Waals surface area contributed by atoms with Crippen molar-refractivity contribution in [3.05, 3.63) is 29.2 Å². The largest absolute Gasteiger partial charge is 0.453 e. The Bertz CT molecular complexity index is 969. The minimum Gasteiger partial charge on any atom is -0.453 e. The summed E-state index contributed by atoms with van der Waals surface area (Å²) in [6.45, 7) is 4.84. The normalized spacial score (nSPS) is 27.5. The predicted molar refractivity (Wildman–Crippen MR) is 106 cm³/mol. The number of amides is 1. The second-order valence-electron chi connectivity index (χ2n) is 8.68. The van der Waals surface area contributed by atoms with Gasteiger partial charge < -0.3 is 14.4 Å². The van der Waals surface area contributed by atoms with E-state index < -0.39 is 23.8 Å². The van der Waals surface area contributed by atoms with Crippen molar-refractivity contribution < 1.29 is 27.4 Å². The molecule has 2 aromatic rings. The first-order valence-corrected chi connectivity index (χ1v) is 10.5. The number of aromatic nitrogens is 3. The Hall–Kier alpha value is -2.36. The molecule has 4 rings (SSSR count). The number of nitrogens with zero attached hydrogens (tertiary/aromatic N) is 4. The van der Waals surface area contributed by atoms with Gasteiger partial charge in [0.05, 0.1) is 37.6 Å². The zero-order chi connectivity index (χ0) is 22.4. The summed E-state index contributed by atoms with van der Waals surface area (Å²) in [6, 6.07) is 3.74. The minimum atomic E-state index is -4.13. The molecule has 1 aliphatic heterocycles. The van der Waals surface area contributed by atoms with Crippen molar-refractivity contribution in [2.24, 2.45) is 5.92 Å². The number of rotatable bonds is 2. The second kappa shape index (κ2) is 7.96. The Morgan fingerprint density at radius 2 is 1.97 bits per heavy atom. The van der Waals surface area contributed by atoms with E-state index in [2.05, 4.69) is 4.98 Å². The van der Waals surface area contributed by atoms with Crippen molar-refractivity contribution in [3.8, 4) is 0 Å². The van der Waals surface area contributed by atoms with Gasteiger partial charge in [-0.15, -0.1) is 0 Å². The molecular weight excluding hydrogens is 413 g/mol. The highest BCUT2D eigenvalue weighted by atomic mass is 19.4. The third kappa shape index (κ3) is 4.22. The second-order valence-corrected chi connectivity index (χ2v) is 8.68. The summed E-state index contributed by atoms with van der Waals surface area (Å²) in [5.41, 5.74) is 2.08. The first-order valence-electron chi connectivity index (χ1n) is 10.5. The molecule has 0 N–H and O–H groups in total. The molecule has 3 heterocycles. The molecule has 0 spiro atoms. The number of halogens is 3. The SMILES string of the molecule is COC(=O)N1CCOC(C)(c2cc(C)nc3cc(C4CCC(C(F)(F)F)CC4)nn23)C1. The highest BCUT2D eigenvalue weighted by Crippen LogP contribution is 2.43. The maximum atomic E-state index is 13.0. The van der Waals surface area contributed by atoms with Gasteiger partial charge in [0.2, 0.25) is 0 Å². The lowest BCUT2D eigenvalue weighted by Gasteiger charge is -2.39. The highest BCUT2D eigenvalue weighted by Gasteiger charge is 2.42. The van der Waals surface area contributed by atoms with Crippen LogP contribution in [0.4, 0.5) is 18.0 Å². The van der Waals surface area contributed by atoms with Crippen molar-refractivity contribution >= 4 is 11.7 Å². The van der Waals surface area contributed by atoms with Crippen LogP contribution in [0.15, 0.2) is 12.1 Å². The fraction of sp³-hybridized carbons (Fsp3) is 0.667. The Balaban J connectivity index is 1.64. The van der Waals surface area contributed by atoms with Crippen molar-refractivity contribution in [3.63, 3.8) is 0 Å². The molecule has 10 heteroatoms. The average molecular weight is 440 g/mol. The predicted octanol–water partition coefficient (Wildman–Crippen LogP) is 4.19. The summed E-state index contributed by atoms with van der Waals surface area (Å²) in [4.78, 5) is 18.2. The molecule has 2 fully saturated rings. The lowest BCUT2D eigenvalue weighted by atomic mass is 9.80. The fourth-order valence-electron chi connectivity index (χ4n) is 4.72. The Morgan fingerprint density at radius 1 is 1.26 bits per heavy atom. The van der Waals surface area contributed by atoms with Crippen LogP contribution in [0.1, 0.15) is 55.6 Å². The van der Waals surface area contributed by atoms with Crippen LogP contribution < -0.4 is 0 Å². The molecule has 1 amide bonds. The third-order valence-corrected chi connectivity index (χ3v) is 6.43. The number of carbonyl (C=O) groups is 1. The summed E-state index contributed by atoms with van der Waals surface area (Å²) in [6.07, 6.45) is -3.40. The van der Waals surface area contributed by atoms with Crippen molar-refractivity contribution in [1.82, 2.24) is 19.5 Å². The Labute approximate surface area is 178 Å². The summed E-state index contributed by atoms with van der Waals surface area (Å²) >= 11 is 0. The Kier molecular flexibility index (Phi) is 5.61. The van der Waals surface area contributed by atoms with Gasteiger partial charge in [-0.2, -0.15) is 18.3 Å². The van der Waals surface area contributed by atoms with Crippen LogP contribution in [0, 0.1) is 12.8 Å². The van der Waals surface area contributed by atoms with Crippen LogP contribution in [0.25, 0.3) is 5.65 Å². The van der Waals surface area contributed by atoms with E-state index in [1.54, 1.807) is 9.42 Å². The molecular formula is C21H27F3N4O3. The molecule has 31 heavy (non-hydrogen) atoms. The van der Waals surface area contributed by atoms with Gasteiger partial charge in [-0.25, -0.2) is 14.3 Å². The van der Waals surface area contributed by atoms with Crippen LogP contribution in [-0.2, 0) is 15.1 Å². The van der Waals surface area contributed by atoms with E-state index in [1.165, 1.54) is 7.11 Å². The number of alkyl halides is 3. The zero-order valence-electron chi connectivity index (χ0n) is 17.9. The fourth-order valence-corrected chi connectivity index (χ4v) is 4.72. The number of fused-ring (bicyclic) bond motifs is 1. The van der Waals surface area contributed by atoms with Gasteiger partial charge in [0.15, 0.2) is 5.65 Å². The van der Waals surface area contributed by atoms with Crippen molar-refractivity contribution in [1.29, 1.82) is 0 Å². The first kappa shape index (κ1) is 21.9. The molecule has 0 aromatic carbocycles. The number of aryl methyl sites for hydroxylation is 1. The van der Waals surface area contributed by atoms with E-state index >= 15 is 0 Å². The Morgan fingerprint density at radius 3 is 2.61 bits per heavy atom. The van der Waals surface area contributed by atoms with E-state index in [1.807, 2.05) is 26.0 Å². The molecule has 0 radical (unpaired) electrons. The van der Waals surface area contributed by atoms with Crippen LogP contribution in [0.2, 0.25) is 0 Å². The molecule has 1 saturated carbocycles. The third-order valence-electron chi connectivity index (χ3n) is 6.43. The lowest BCUT2D eigenvalue weighted by Crippen LogP contribution is -2.51. The molecule has 0 bridgehead atoms. The number of carbonyl (C=O) groups excluding carboxylic acids is 1. The lowest BCUT2D eigenvalue weighted by molar-refractivity contribution is -0.182. The average Bonchev–Trinajstić information content (AvgIpc) is 3.15. The maximum Gasteiger partial charge on any atom is 0.409 e. The number of hydrogen-bond donors (Lipinski definition) is 0. The van der Waals surface area contributed by atoms with Gasteiger partial charge in [0.25, 0.3) is 0 Å². The molecule has 2 aliphatic rings. The molecule has 1 unspecified atom stereocenters. The van der Waals surface area contributed by atoms with Crippen molar-refractivity contribution in [2.75, 3.05) is 26.8 Å². The molecule has 1 aliphatic carbocycles. The maximum absolute atomic E-state index is 13.0. The molecule has 170 valence electrons. The van der Waals surface area contributed by atoms with Gasteiger partial charge in [-0.3, -0.25) is 0 Å². The van der Waals surface area contributed by atoms with E-state index in [4.69, 9.17) is 14.6 Å². The van der Waals surface area contributed by atoms with Crippen LogP contribution in [-0.4, -0.2) is 58.6 Å². The molecule has 1 saturated heterocycles. The van der Waals surface area contributed by atoms with Gasteiger partial charge in [-0.1, -0.05) is 0 Å². The number of methoxy groups -OCH3 is 1. The van der Waals surface area contributed by atoms with Crippen LogP contribution in [0.5, 0.6) is 0 Å². The minimum absolute atomic E-state index is 0.0277. The topological polar surface area (TPSA) is 69.0 Å².